The van der Waals surface area contributed by atoms with Crippen LogP contribution in [0.25, 0.3) is 0 Å². The predicted molar refractivity (Wildman–Crippen MR) is 158 cm³/mol. The summed E-state index contributed by atoms with van der Waals surface area (Å²) in [5.41, 5.74) is 3.03. The molecule has 1 atom stereocenters. The van der Waals surface area contributed by atoms with Gasteiger partial charge in [0.15, 0.2) is 0 Å². The first kappa shape index (κ1) is 32.1. The maximum absolute atomic E-state index is 11.6. The summed E-state index contributed by atoms with van der Waals surface area (Å²) in [6.07, 6.45) is 4.91. The van der Waals surface area contributed by atoms with Gasteiger partial charge < -0.3 is 23.5 Å². The van der Waals surface area contributed by atoms with Crippen molar-refractivity contribution in [2.75, 3.05) is 36.6 Å². The van der Waals surface area contributed by atoms with Crippen LogP contribution in [0.15, 0.2) is 67.3 Å². The second kappa shape index (κ2) is 17.5. The lowest BCUT2D eigenvalue weighted by Gasteiger charge is -2.35. The zero-order valence-electron chi connectivity index (χ0n) is 22.2. The van der Waals surface area contributed by atoms with Crippen LogP contribution in [-0.4, -0.2) is 41.1 Å². The fourth-order valence-electron chi connectivity index (χ4n) is 3.72. The molecular formula is C28H43BrN2O4Si. The van der Waals surface area contributed by atoms with Gasteiger partial charge in [-0.15, -0.1) is 17.0 Å². The Balaban J connectivity index is 0.00000648. The van der Waals surface area contributed by atoms with Crippen LogP contribution < -0.4 is 10.2 Å². The third-order valence-electron chi connectivity index (χ3n) is 5.61. The Morgan fingerprint density at radius 2 is 1.42 bits per heavy atom. The molecule has 2 aromatic rings. The van der Waals surface area contributed by atoms with Crippen LogP contribution >= 0.6 is 17.0 Å². The van der Waals surface area contributed by atoms with E-state index in [1.165, 1.54) is 6.08 Å². The first-order valence-electron chi connectivity index (χ1n) is 12.8. The van der Waals surface area contributed by atoms with Gasteiger partial charge in [0.25, 0.3) is 0 Å². The Morgan fingerprint density at radius 3 is 1.89 bits per heavy atom. The molecule has 0 aromatic heterocycles. The Labute approximate surface area is 229 Å². The van der Waals surface area contributed by atoms with Crippen molar-refractivity contribution in [2.24, 2.45) is 0 Å². The molecule has 0 radical (unpaired) electrons. The van der Waals surface area contributed by atoms with Crippen molar-refractivity contribution in [1.29, 1.82) is 0 Å². The van der Waals surface area contributed by atoms with Gasteiger partial charge >= 0.3 is 8.80 Å². The van der Waals surface area contributed by atoms with Crippen molar-refractivity contribution in [3.8, 4) is 0 Å². The van der Waals surface area contributed by atoms with Crippen LogP contribution in [0.5, 0.6) is 0 Å². The minimum Gasteiger partial charge on any atom is -0.373 e. The number of rotatable bonds is 17. The summed E-state index contributed by atoms with van der Waals surface area (Å²) in [4.78, 5) is 13.9. The fraction of sp³-hybridized carbons (Fsp3) is 0.464. The van der Waals surface area contributed by atoms with E-state index in [1.54, 1.807) is 0 Å². The molecule has 0 saturated carbocycles. The van der Waals surface area contributed by atoms with E-state index in [0.29, 0.717) is 19.8 Å². The van der Waals surface area contributed by atoms with Crippen molar-refractivity contribution < 1.29 is 18.1 Å². The molecule has 0 fully saturated rings. The van der Waals surface area contributed by atoms with Crippen LogP contribution in [-0.2, 0) is 18.1 Å². The summed E-state index contributed by atoms with van der Waals surface area (Å²) >= 11 is 0. The standard InChI is InChI=1S/C28H42N2O4Si.BrH/c1-6-21-32-35(33-22-7-2,34-23-8-3)24(5)19-20-30(26-13-11-10-12-14-26)27-17-15-25(16-18-27)29-28(31)9-4;/h9-18,24H,4,6-8,19-23H2,1-3,5H3,(H,29,31);1H. The van der Waals surface area contributed by atoms with E-state index in [1.807, 2.05) is 42.5 Å². The maximum Gasteiger partial charge on any atom is 0.504 e. The van der Waals surface area contributed by atoms with Gasteiger partial charge in [0.1, 0.15) is 0 Å². The summed E-state index contributed by atoms with van der Waals surface area (Å²) in [5, 5.41) is 2.81. The van der Waals surface area contributed by atoms with Crippen LogP contribution in [0.1, 0.15) is 53.4 Å². The number of nitrogens with one attached hydrogen (secondary N) is 1. The molecule has 2 aromatic carbocycles. The zero-order chi connectivity index (χ0) is 25.5. The van der Waals surface area contributed by atoms with Gasteiger partial charge in [-0.3, -0.25) is 4.79 Å². The first-order chi connectivity index (χ1) is 17.0. The number of amides is 1. The van der Waals surface area contributed by atoms with Crippen LogP contribution in [0.4, 0.5) is 17.1 Å². The number of hydrogen-bond donors (Lipinski definition) is 1. The summed E-state index contributed by atoms with van der Waals surface area (Å²) in [7, 11) is -2.85. The van der Waals surface area contributed by atoms with E-state index in [4.69, 9.17) is 13.3 Å². The SMILES string of the molecule is Br.C=CC(=O)Nc1ccc(N(CCC(C)[Si](OCCC)(OCCC)OCCC)c2ccccc2)cc1. The van der Waals surface area contributed by atoms with Gasteiger partial charge in [-0.05, 0) is 68.2 Å². The number of benzene rings is 2. The second-order valence-corrected chi connectivity index (χ2v) is 11.6. The zero-order valence-corrected chi connectivity index (χ0v) is 24.9. The molecule has 2 rings (SSSR count). The minimum atomic E-state index is -2.85. The molecule has 0 aliphatic carbocycles. The molecular weight excluding hydrogens is 536 g/mol. The molecule has 0 bridgehead atoms. The lowest BCUT2D eigenvalue weighted by Crippen LogP contribution is -2.50. The summed E-state index contributed by atoms with van der Waals surface area (Å²) in [6.45, 7) is 14.8. The van der Waals surface area contributed by atoms with E-state index >= 15 is 0 Å². The highest BCUT2D eigenvalue weighted by atomic mass is 79.9. The molecule has 1 amide bonds. The average Bonchev–Trinajstić information content (AvgIpc) is 2.90. The highest BCUT2D eigenvalue weighted by Gasteiger charge is 2.47. The van der Waals surface area contributed by atoms with Crippen molar-refractivity contribution >= 4 is 48.8 Å². The minimum absolute atomic E-state index is 0. The van der Waals surface area contributed by atoms with Gasteiger partial charge in [-0.1, -0.05) is 52.5 Å². The smallest absolute Gasteiger partial charge is 0.373 e. The van der Waals surface area contributed by atoms with Crippen molar-refractivity contribution in [3.63, 3.8) is 0 Å². The molecule has 200 valence electrons. The number of hydrogen-bond acceptors (Lipinski definition) is 5. The number of nitrogens with zero attached hydrogens (tertiary/aromatic N) is 1. The Hall–Kier alpha value is -1.97. The van der Waals surface area contributed by atoms with E-state index in [9.17, 15) is 4.79 Å². The van der Waals surface area contributed by atoms with Crippen molar-refractivity contribution in [3.05, 3.63) is 67.3 Å². The highest BCUT2D eigenvalue weighted by Crippen LogP contribution is 2.33. The lowest BCUT2D eigenvalue weighted by molar-refractivity contribution is -0.111. The third kappa shape index (κ3) is 9.82. The normalized spacial score (nSPS) is 11.9. The van der Waals surface area contributed by atoms with Gasteiger partial charge in [0, 0.05) is 49.0 Å². The Morgan fingerprint density at radius 1 is 0.917 bits per heavy atom. The van der Waals surface area contributed by atoms with E-state index < -0.39 is 8.80 Å². The number of halogens is 1. The first-order valence-corrected chi connectivity index (χ1v) is 14.6. The fourth-order valence-corrected chi connectivity index (χ4v) is 6.77. The number of carbonyl (C=O) groups excluding carboxylic acids is 1. The topological polar surface area (TPSA) is 60.0 Å². The Bertz CT molecular complexity index is 861. The second-order valence-electron chi connectivity index (χ2n) is 8.57. The molecule has 6 nitrogen and oxygen atoms in total. The molecule has 8 heteroatoms. The monoisotopic (exact) mass is 578 g/mol. The van der Waals surface area contributed by atoms with Crippen LogP contribution in [0, 0.1) is 0 Å². The van der Waals surface area contributed by atoms with Gasteiger partial charge in [0.2, 0.25) is 5.91 Å². The molecule has 1 unspecified atom stereocenters. The number of para-hydroxylation sites is 1. The largest absolute Gasteiger partial charge is 0.504 e. The summed E-state index contributed by atoms with van der Waals surface area (Å²) in [6, 6.07) is 18.2. The van der Waals surface area contributed by atoms with Crippen molar-refractivity contribution in [2.45, 2.75) is 58.9 Å². The maximum atomic E-state index is 11.6. The third-order valence-corrected chi connectivity index (χ3v) is 8.93. The summed E-state index contributed by atoms with van der Waals surface area (Å²) < 4.78 is 19.1. The molecule has 0 aliphatic heterocycles. The quantitative estimate of drug-likeness (QED) is 0.155. The molecule has 0 aliphatic rings. The van der Waals surface area contributed by atoms with Gasteiger partial charge in [-0.25, -0.2) is 0 Å². The number of carbonyl (C=O) groups is 1. The van der Waals surface area contributed by atoms with E-state index in [2.05, 4.69) is 56.6 Å². The van der Waals surface area contributed by atoms with E-state index in [-0.39, 0.29) is 28.4 Å². The highest BCUT2D eigenvalue weighted by molar-refractivity contribution is 8.93. The molecule has 0 heterocycles. The van der Waals surface area contributed by atoms with E-state index in [0.717, 1.165) is 49.3 Å². The molecule has 1 N–H and O–H groups in total. The Kier molecular flexibility index (Phi) is 15.6. The van der Waals surface area contributed by atoms with Gasteiger partial charge in [0.05, 0.1) is 0 Å². The lowest BCUT2D eigenvalue weighted by atomic mass is 10.2. The predicted octanol–water partition coefficient (Wildman–Crippen LogP) is 7.53. The molecule has 0 spiro atoms. The van der Waals surface area contributed by atoms with Crippen LogP contribution in [0.3, 0.4) is 0 Å². The van der Waals surface area contributed by atoms with Crippen LogP contribution in [0.2, 0.25) is 5.54 Å². The summed E-state index contributed by atoms with van der Waals surface area (Å²) in [5.74, 6) is -0.223. The van der Waals surface area contributed by atoms with Gasteiger partial charge in [-0.2, -0.15) is 0 Å². The van der Waals surface area contributed by atoms with Crippen molar-refractivity contribution in [1.82, 2.24) is 0 Å². The average molecular weight is 580 g/mol. The number of anilines is 3. The molecule has 0 saturated heterocycles. The molecule has 36 heavy (non-hydrogen) atoms.